The van der Waals surface area contributed by atoms with Gasteiger partial charge < -0.3 is 19.3 Å². The van der Waals surface area contributed by atoms with Crippen molar-refractivity contribution < 1.29 is 19.3 Å². The van der Waals surface area contributed by atoms with Crippen molar-refractivity contribution in [3.8, 4) is 12.3 Å². The highest BCUT2D eigenvalue weighted by atomic mass is 16.6. The predicted octanol–water partition coefficient (Wildman–Crippen LogP) is -0.0750. The second kappa shape index (κ2) is 12.6. The van der Waals surface area contributed by atoms with Crippen LogP contribution in [0.25, 0.3) is 0 Å². The van der Waals surface area contributed by atoms with Crippen LogP contribution < -0.4 is 22.5 Å². The van der Waals surface area contributed by atoms with Gasteiger partial charge in [0.15, 0.2) is 6.23 Å². The van der Waals surface area contributed by atoms with Gasteiger partial charge in [-0.05, 0) is 12.5 Å². The molecule has 0 spiro atoms. The molecule has 3 N–H and O–H groups in total. The van der Waals surface area contributed by atoms with Crippen molar-refractivity contribution >= 4 is 0 Å². The lowest BCUT2D eigenvalue weighted by atomic mass is 10.1. The molecule has 4 aromatic rings. The molecule has 45 heavy (non-hydrogen) atoms. The first-order chi connectivity index (χ1) is 21.7. The van der Waals surface area contributed by atoms with E-state index in [9.17, 15) is 24.3 Å². The topological polar surface area (TPSA) is 188 Å². The Labute approximate surface area is 255 Å². The summed E-state index contributed by atoms with van der Waals surface area (Å²) < 4.78 is 22.5. The number of aliphatic hydroxyl groups is 1. The molecular weight excluding hydrogens is 586 g/mol. The molecule has 2 aliphatic heterocycles. The summed E-state index contributed by atoms with van der Waals surface area (Å²) in [4.78, 5) is 53.0. The monoisotopic (exact) mass is 617 g/mol. The average molecular weight is 618 g/mol. The number of benzene rings is 1. The van der Waals surface area contributed by atoms with E-state index >= 15 is 0 Å². The van der Waals surface area contributed by atoms with E-state index in [1.807, 2.05) is 30.3 Å². The normalized spacial score (nSPS) is 26.2. The highest BCUT2D eigenvalue weighted by Gasteiger charge is 2.46. The summed E-state index contributed by atoms with van der Waals surface area (Å²) in [6, 6.07) is 10.2. The van der Waals surface area contributed by atoms with Gasteiger partial charge in [0.1, 0.15) is 18.4 Å². The van der Waals surface area contributed by atoms with Gasteiger partial charge in [0.05, 0.1) is 30.6 Å². The molecule has 0 amide bonds. The molecule has 2 aliphatic rings. The summed E-state index contributed by atoms with van der Waals surface area (Å²) in [5.74, 6) is 2.60. The summed E-state index contributed by atoms with van der Waals surface area (Å²) >= 11 is 0. The number of aromatic nitrogens is 7. The smallest absolute Gasteiger partial charge is 0.330 e. The van der Waals surface area contributed by atoms with E-state index in [4.69, 9.17) is 20.6 Å². The molecule has 0 bridgehead atoms. The minimum absolute atomic E-state index is 0.167. The number of nitrogens with zero attached hydrogens (tertiary/aromatic N) is 5. The molecule has 1 aromatic carbocycles. The Morgan fingerprint density at radius 1 is 1.04 bits per heavy atom. The zero-order chi connectivity index (χ0) is 31.7. The molecular formula is C30H31N7O8. The minimum atomic E-state index is -1.25. The molecule has 2 saturated heterocycles. The van der Waals surface area contributed by atoms with Crippen molar-refractivity contribution in [3.63, 3.8) is 0 Å². The molecule has 15 nitrogen and oxygen atoms in total. The number of ether oxygens (including phenoxy) is 3. The molecule has 234 valence electrons. The maximum atomic E-state index is 12.5. The fourth-order valence-electron chi connectivity index (χ4n) is 5.75. The van der Waals surface area contributed by atoms with Crippen LogP contribution in [0, 0.1) is 19.3 Å². The zero-order valence-corrected chi connectivity index (χ0v) is 24.2. The van der Waals surface area contributed by atoms with Crippen LogP contribution in [0.15, 0.2) is 74.2 Å². The van der Waals surface area contributed by atoms with Crippen molar-refractivity contribution in [3.05, 3.63) is 113 Å². The second-order valence-electron chi connectivity index (χ2n) is 11.0. The Morgan fingerprint density at radius 2 is 1.82 bits per heavy atom. The van der Waals surface area contributed by atoms with Crippen LogP contribution >= 0.6 is 0 Å². The van der Waals surface area contributed by atoms with Crippen LogP contribution in [0.2, 0.25) is 0 Å². The van der Waals surface area contributed by atoms with Crippen molar-refractivity contribution in [2.24, 2.45) is 0 Å². The molecule has 6 rings (SSSR count). The standard InChI is InChI=1S/C30H31N7O8/c1-3-7-21-20(13-24(44-21)36-14-17(2)27(40)32-30(36)42)37-15-19(33-34-37)12-22-26(43-16-18-8-5-4-6-9-18)25(39)28(45-22)35-11-10-23(38)31-29(35)41/h1,4-6,8-11,14-15,20-22,24-26,28,39H,7,12-13,16H2,2H3,(H,31,38,41)(H,32,40,42)/t20-,21+,22+,24+,25+,26+,28+/m0/s1. The number of terminal acetylenes is 1. The van der Waals surface area contributed by atoms with E-state index < -0.39 is 59.4 Å². The number of rotatable bonds is 9. The summed E-state index contributed by atoms with van der Waals surface area (Å²) in [5, 5.41) is 19.9. The first-order valence-corrected chi connectivity index (χ1v) is 14.3. The Balaban J connectivity index is 1.23. The van der Waals surface area contributed by atoms with Gasteiger partial charge in [0.2, 0.25) is 0 Å². The first-order valence-electron chi connectivity index (χ1n) is 14.3. The van der Waals surface area contributed by atoms with Gasteiger partial charge in [-0.2, -0.15) is 0 Å². The summed E-state index contributed by atoms with van der Waals surface area (Å²) in [5.41, 5.74) is -0.610. The van der Waals surface area contributed by atoms with Gasteiger partial charge in [-0.3, -0.25) is 28.7 Å². The molecule has 0 aliphatic carbocycles. The number of nitrogens with one attached hydrogen (secondary N) is 2. The third kappa shape index (κ3) is 6.22. The minimum Gasteiger partial charge on any atom is -0.386 e. The number of hydrogen-bond donors (Lipinski definition) is 3. The Kier molecular flexibility index (Phi) is 8.46. The van der Waals surface area contributed by atoms with Crippen LogP contribution in [-0.4, -0.2) is 63.6 Å². The fourth-order valence-corrected chi connectivity index (χ4v) is 5.75. The van der Waals surface area contributed by atoms with Gasteiger partial charge in [-0.25, -0.2) is 14.3 Å². The summed E-state index contributed by atoms with van der Waals surface area (Å²) in [7, 11) is 0. The van der Waals surface area contributed by atoms with E-state index in [1.54, 1.807) is 17.8 Å². The number of aryl methyl sites for hydroxylation is 1. The summed E-state index contributed by atoms with van der Waals surface area (Å²) in [6.45, 7) is 1.78. The van der Waals surface area contributed by atoms with Crippen molar-refractivity contribution in [2.45, 2.75) is 75.7 Å². The number of hydrogen-bond acceptors (Lipinski definition) is 10. The quantitative estimate of drug-likeness (QED) is 0.214. The van der Waals surface area contributed by atoms with Crippen molar-refractivity contribution in [1.82, 2.24) is 34.1 Å². The van der Waals surface area contributed by atoms with E-state index in [0.717, 1.165) is 10.1 Å². The lowest BCUT2D eigenvalue weighted by Gasteiger charge is -2.20. The van der Waals surface area contributed by atoms with Crippen LogP contribution in [0.5, 0.6) is 0 Å². The van der Waals surface area contributed by atoms with Gasteiger partial charge in [0, 0.05) is 49.5 Å². The van der Waals surface area contributed by atoms with E-state index in [-0.39, 0.29) is 25.5 Å². The summed E-state index contributed by atoms with van der Waals surface area (Å²) in [6.07, 6.45) is 5.63. The molecule has 3 aromatic heterocycles. The van der Waals surface area contributed by atoms with E-state index in [0.29, 0.717) is 17.7 Å². The number of H-pyrrole nitrogens is 2. The number of aliphatic hydroxyl groups excluding tert-OH is 1. The molecule has 7 atom stereocenters. The third-order valence-electron chi connectivity index (χ3n) is 8.01. The highest BCUT2D eigenvalue weighted by molar-refractivity contribution is 5.14. The maximum absolute atomic E-state index is 12.5. The van der Waals surface area contributed by atoms with Gasteiger partial charge in [0.25, 0.3) is 11.1 Å². The Bertz CT molecular complexity index is 1940. The number of aromatic amines is 2. The Morgan fingerprint density at radius 3 is 2.58 bits per heavy atom. The largest absolute Gasteiger partial charge is 0.386 e. The van der Waals surface area contributed by atoms with Gasteiger partial charge in [-0.1, -0.05) is 35.5 Å². The Hall–Kier alpha value is -4.88. The molecule has 15 heteroatoms. The first kappa shape index (κ1) is 30.2. The molecule has 0 saturated carbocycles. The molecule has 2 fully saturated rings. The van der Waals surface area contributed by atoms with E-state index in [1.165, 1.54) is 23.0 Å². The third-order valence-corrected chi connectivity index (χ3v) is 8.01. The molecule has 5 heterocycles. The van der Waals surface area contributed by atoms with Gasteiger partial charge >= 0.3 is 11.4 Å². The lowest BCUT2D eigenvalue weighted by molar-refractivity contribution is -0.0459. The van der Waals surface area contributed by atoms with Crippen molar-refractivity contribution in [2.75, 3.05) is 0 Å². The van der Waals surface area contributed by atoms with Crippen LogP contribution in [-0.2, 0) is 27.2 Å². The molecule has 0 unspecified atom stereocenters. The second-order valence-corrected chi connectivity index (χ2v) is 11.0. The van der Waals surface area contributed by atoms with Crippen LogP contribution in [0.1, 0.15) is 48.2 Å². The highest BCUT2D eigenvalue weighted by Crippen LogP contribution is 2.38. The lowest BCUT2D eigenvalue weighted by Crippen LogP contribution is -2.38. The van der Waals surface area contributed by atoms with E-state index in [2.05, 4.69) is 26.2 Å². The van der Waals surface area contributed by atoms with Crippen LogP contribution in [0.4, 0.5) is 0 Å². The van der Waals surface area contributed by atoms with Gasteiger partial charge in [-0.15, -0.1) is 17.4 Å². The predicted molar refractivity (Wildman–Crippen MR) is 157 cm³/mol. The molecule has 0 radical (unpaired) electrons. The average Bonchev–Trinajstić information content (AvgIpc) is 3.73. The van der Waals surface area contributed by atoms with Crippen molar-refractivity contribution in [1.29, 1.82) is 0 Å². The van der Waals surface area contributed by atoms with Crippen LogP contribution in [0.3, 0.4) is 0 Å². The SMILES string of the molecule is C#CC[C@H]1O[C@@H](n2cc(C)c(=O)[nH]c2=O)C[C@@H]1n1cc(C[C@H]2O[C@@H](n3ccc(=O)[nH]c3=O)[C@H](O)[C@@H]2OCc2ccccc2)nn1. The zero-order valence-electron chi connectivity index (χ0n) is 24.2. The fraction of sp³-hybridized carbons (Fsp3) is 0.400. The maximum Gasteiger partial charge on any atom is 0.330 e.